The highest BCUT2D eigenvalue weighted by molar-refractivity contribution is 5.98. The molecular formula is C23H27N3O2. The number of amides is 2. The van der Waals surface area contributed by atoms with Gasteiger partial charge in [-0.15, -0.1) is 0 Å². The minimum atomic E-state index is -0.113. The van der Waals surface area contributed by atoms with Gasteiger partial charge in [-0.05, 0) is 56.0 Å². The number of aryl methyl sites for hydroxylation is 1. The minimum Gasteiger partial charge on any atom is -0.325 e. The summed E-state index contributed by atoms with van der Waals surface area (Å²) in [6.45, 7) is 6.13. The van der Waals surface area contributed by atoms with Crippen molar-refractivity contribution in [2.24, 2.45) is 0 Å². The number of hydrogen-bond donors (Lipinski definition) is 1. The number of anilines is 2. The lowest BCUT2D eigenvalue weighted by Crippen LogP contribution is -2.39. The van der Waals surface area contributed by atoms with E-state index < -0.39 is 0 Å². The molecule has 5 heteroatoms. The molecule has 146 valence electrons. The number of hydrogen-bond acceptors (Lipinski definition) is 3. The first-order valence-corrected chi connectivity index (χ1v) is 10.0. The highest BCUT2D eigenvalue weighted by Crippen LogP contribution is 2.31. The van der Waals surface area contributed by atoms with Crippen LogP contribution in [0.15, 0.2) is 42.5 Å². The summed E-state index contributed by atoms with van der Waals surface area (Å²) >= 11 is 0. The monoisotopic (exact) mass is 377 g/mol. The van der Waals surface area contributed by atoms with Crippen LogP contribution in [-0.2, 0) is 22.6 Å². The lowest BCUT2D eigenvalue weighted by Gasteiger charge is -2.24. The van der Waals surface area contributed by atoms with Crippen LogP contribution < -0.4 is 10.2 Å². The van der Waals surface area contributed by atoms with E-state index in [4.69, 9.17) is 0 Å². The normalized spacial score (nSPS) is 18.9. The van der Waals surface area contributed by atoms with Crippen molar-refractivity contribution in [3.63, 3.8) is 0 Å². The van der Waals surface area contributed by atoms with Gasteiger partial charge in [0.05, 0.1) is 6.04 Å². The second-order valence-corrected chi connectivity index (χ2v) is 7.87. The fourth-order valence-electron chi connectivity index (χ4n) is 4.37. The topological polar surface area (TPSA) is 52.7 Å². The molecule has 1 N–H and O–H groups in total. The van der Waals surface area contributed by atoms with Crippen LogP contribution in [-0.4, -0.2) is 35.8 Å². The van der Waals surface area contributed by atoms with Gasteiger partial charge in [-0.2, -0.15) is 0 Å². The predicted molar refractivity (Wildman–Crippen MR) is 111 cm³/mol. The van der Waals surface area contributed by atoms with Gasteiger partial charge in [0.15, 0.2) is 0 Å². The van der Waals surface area contributed by atoms with E-state index in [0.717, 1.165) is 55.8 Å². The second kappa shape index (κ2) is 7.76. The Morgan fingerprint density at radius 3 is 2.79 bits per heavy atom. The van der Waals surface area contributed by atoms with Crippen molar-refractivity contribution in [3.05, 3.63) is 59.2 Å². The first kappa shape index (κ1) is 18.7. The molecular weight excluding hydrogens is 350 g/mol. The molecule has 2 heterocycles. The van der Waals surface area contributed by atoms with E-state index in [2.05, 4.69) is 41.4 Å². The Morgan fingerprint density at radius 1 is 1.14 bits per heavy atom. The Labute approximate surface area is 166 Å². The summed E-state index contributed by atoms with van der Waals surface area (Å²) in [6, 6.07) is 14.3. The average molecular weight is 377 g/mol. The van der Waals surface area contributed by atoms with E-state index in [9.17, 15) is 9.59 Å². The average Bonchev–Trinajstić information content (AvgIpc) is 3.28. The Balaban J connectivity index is 1.46. The van der Waals surface area contributed by atoms with Crippen LogP contribution in [0.3, 0.4) is 0 Å². The Hall–Kier alpha value is -2.66. The number of carbonyl (C=O) groups is 2. The second-order valence-electron chi connectivity index (χ2n) is 7.87. The zero-order chi connectivity index (χ0) is 19.7. The lowest BCUT2D eigenvalue weighted by atomic mass is 10.1. The van der Waals surface area contributed by atoms with Gasteiger partial charge in [0.2, 0.25) is 11.8 Å². The number of nitrogens with one attached hydrogen (secondary N) is 1. The number of rotatable bonds is 4. The maximum atomic E-state index is 13.0. The SMILES string of the molecule is CC(=O)N1CCc2ccc(NC(=O)C3CCCN3Cc3cccc(C)c3)cc21. The maximum Gasteiger partial charge on any atom is 0.241 e. The first-order chi connectivity index (χ1) is 13.5. The van der Waals surface area contributed by atoms with E-state index in [1.54, 1.807) is 11.8 Å². The minimum absolute atomic E-state index is 0.0393. The van der Waals surface area contributed by atoms with Gasteiger partial charge in [-0.1, -0.05) is 35.9 Å². The molecule has 5 nitrogen and oxygen atoms in total. The number of nitrogens with zero attached hydrogens (tertiary/aromatic N) is 2. The molecule has 2 aliphatic heterocycles. The van der Waals surface area contributed by atoms with Gasteiger partial charge in [0, 0.05) is 31.4 Å². The molecule has 2 aromatic carbocycles. The van der Waals surface area contributed by atoms with Crippen molar-refractivity contribution >= 4 is 23.2 Å². The summed E-state index contributed by atoms with van der Waals surface area (Å²) in [5.74, 6) is 0.0832. The molecule has 2 aliphatic rings. The summed E-state index contributed by atoms with van der Waals surface area (Å²) in [7, 11) is 0. The van der Waals surface area contributed by atoms with Gasteiger partial charge in [-0.3, -0.25) is 14.5 Å². The smallest absolute Gasteiger partial charge is 0.241 e. The predicted octanol–water partition coefficient (Wildman–Crippen LogP) is 3.51. The first-order valence-electron chi connectivity index (χ1n) is 10.0. The Morgan fingerprint density at radius 2 is 2.00 bits per heavy atom. The van der Waals surface area contributed by atoms with Crippen LogP contribution in [0.1, 0.15) is 36.5 Å². The molecule has 0 radical (unpaired) electrons. The van der Waals surface area contributed by atoms with Crippen molar-refractivity contribution in [1.29, 1.82) is 0 Å². The largest absolute Gasteiger partial charge is 0.325 e. The molecule has 2 aromatic rings. The Bertz CT molecular complexity index is 908. The third kappa shape index (κ3) is 3.80. The zero-order valence-electron chi connectivity index (χ0n) is 16.6. The third-order valence-corrected chi connectivity index (χ3v) is 5.76. The molecule has 2 amide bonds. The van der Waals surface area contributed by atoms with Crippen LogP contribution in [0.2, 0.25) is 0 Å². The highest BCUT2D eigenvalue weighted by Gasteiger charge is 2.31. The maximum absolute atomic E-state index is 13.0. The molecule has 4 rings (SSSR count). The van der Waals surface area contributed by atoms with Crippen LogP contribution in [0.4, 0.5) is 11.4 Å². The van der Waals surface area contributed by atoms with Crippen molar-refractivity contribution in [1.82, 2.24) is 4.90 Å². The highest BCUT2D eigenvalue weighted by atomic mass is 16.2. The fraction of sp³-hybridized carbons (Fsp3) is 0.391. The van der Waals surface area contributed by atoms with Crippen molar-refractivity contribution < 1.29 is 9.59 Å². The van der Waals surface area contributed by atoms with Crippen molar-refractivity contribution in [2.75, 3.05) is 23.3 Å². The number of carbonyl (C=O) groups excluding carboxylic acids is 2. The molecule has 1 unspecified atom stereocenters. The van der Waals surface area contributed by atoms with Gasteiger partial charge >= 0.3 is 0 Å². The summed E-state index contributed by atoms with van der Waals surface area (Å²) in [5, 5.41) is 3.08. The summed E-state index contributed by atoms with van der Waals surface area (Å²) in [5.41, 5.74) is 5.34. The quantitative estimate of drug-likeness (QED) is 0.887. The van der Waals surface area contributed by atoms with E-state index in [1.807, 2.05) is 18.2 Å². The van der Waals surface area contributed by atoms with E-state index in [0.29, 0.717) is 0 Å². The summed E-state index contributed by atoms with van der Waals surface area (Å²) in [4.78, 5) is 28.8. The van der Waals surface area contributed by atoms with Crippen LogP contribution in [0.25, 0.3) is 0 Å². The molecule has 1 saturated heterocycles. The fourth-order valence-corrected chi connectivity index (χ4v) is 4.37. The van der Waals surface area contributed by atoms with Crippen LogP contribution in [0, 0.1) is 6.92 Å². The molecule has 28 heavy (non-hydrogen) atoms. The third-order valence-electron chi connectivity index (χ3n) is 5.76. The van der Waals surface area contributed by atoms with E-state index in [1.165, 1.54) is 11.1 Å². The standard InChI is InChI=1S/C23H27N3O2/c1-16-5-3-6-18(13-16)15-25-11-4-7-21(25)23(28)24-20-9-8-19-10-12-26(17(2)27)22(19)14-20/h3,5-6,8-9,13-14,21H,4,7,10-12,15H2,1-2H3,(H,24,28). The number of likely N-dealkylation sites (tertiary alicyclic amines) is 1. The summed E-state index contributed by atoms with van der Waals surface area (Å²) in [6.07, 6.45) is 2.78. The van der Waals surface area contributed by atoms with Crippen LogP contribution >= 0.6 is 0 Å². The van der Waals surface area contributed by atoms with Crippen molar-refractivity contribution in [3.8, 4) is 0 Å². The molecule has 0 aliphatic carbocycles. The van der Waals surface area contributed by atoms with Gasteiger partial charge in [0.1, 0.15) is 0 Å². The van der Waals surface area contributed by atoms with E-state index in [-0.39, 0.29) is 17.9 Å². The molecule has 0 saturated carbocycles. The molecule has 0 spiro atoms. The number of benzene rings is 2. The van der Waals surface area contributed by atoms with Gasteiger partial charge < -0.3 is 10.2 Å². The van der Waals surface area contributed by atoms with Crippen molar-refractivity contribution in [2.45, 2.75) is 45.7 Å². The van der Waals surface area contributed by atoms with Gasteiger partial charge in [0.25, 0.3) is 0 Å². The van der Waals surface area contributed by atoms with Crippen LogP contribution in [0.5, 0.6) is 0 Å². The summed E-state index contributed by atoms with van der Waals surface area (Å²) < 4.78 is 0. The lowest BCUT2D eigenvalue weighted by molar-refractivity contribution is -0.120. The molecule has 0 bridgehead atoms. The number of fused-ring (bicyclic) bond motifs is 1. The van der Waals surface area contributed by atoms with Gasteiger partial charge in [-0.25, -0.2) is 0 Å². The zero-order valence-corrected chi connectivity index (χ0v) is 16.6. The molecule has 0 aromatic heterocycles. The Kier molecular flexibility index (Phi) is 5.18. The molecule has 1 fully saturated rings. The molecule has 1 atom stereocenters. The van der Waals surface area contributed by atoms with E-state index >= 15 is 0 Å².